The fraction of sp³-hybridized carbons (Fsp3) is 0.294. The first-order valence-corrected chi connectivity index (χ1v) is 8.34. The van der Waals surface area contributed by atoms with Gasteiger partial charge < -0.3 is 16.4 Å². The minimum Gasteiger partial charge on any atom is -0.384 e. The van der Waals surface area contributed by atoms with E-state index >= 15 is 0 Å². The predicted molar refractivity (Wildman–Crippen MR) is 94.0 cm³/mol. The molecule has 3 heterocycles. The Kier molecular flexibility index (Phi) is 3.74. The van der Waals surface area contributed by atoms with Crippen molar-refractivity contribution >= 4 is 23.2 Å². The molecule has 8 nitrogen and oxygen atoms in total. The van der Waals surface area contributed by atoms with E-state index in [1.165, 1.54) is 18.5 Å². The molecule has 0 radical (unpaired) electrons. The molecule has 4 rings (SSSR count). The van der Waals surface area contributed by atoms with Gasteiger partial charge in [0.15, 0.2) is 0 Å². The van der Waals surface area contributed by atoms with Crippen LogP contribution in [0.4, 0.5) is 30.5 Å². The van der Waals surface area contributed by atoms with E-state index in [1.807, 2.05) is 0 Å². The number of anilines is 3. The molecule has 0 saturated heterocycles. The van der Waals surface area contributed by atoms with E-state index in [-0.39, 0.29) is 35.9 Å². The Morgan fingerprint density at radius 2 is 2.04 bits per heavy atom. The number of allylic oxidation sites excluding steroid dienone is 1. The predicted octanol–water partition coefficient (Wildman–Crippen LogP) is 1.95. The molecule has 11 heteroatoms. The van der Waals surface area contributed by atoms with Crippen molar-refractivity contribution in [2.24, 2.45) is 0 Å². The molecular formula is C17H15F3N6O2. The van der Waals surface area contributed by atoms with Crippen LogP contribution in [0.2, 0.25) is 0 Å². The normalized spacial score (nSPS) is 20.9. The van der Waals surface area contributed by atoms with Crippen molar-refractivity contribution in [2.75, 3.05) is 11.1 Å². The third kappa shape index (κ3) is 2.70. The Morgan fingerprint density at radius 1 is 1.29 bits per heavy atom. The lowest BCUT2D eigenvalue weighted by molar-refractivity contribution is -0.0931. The topological polar surface area (TPSA) is 115 Å². The molecule has 1 atom stereocenters. The number of hydrogen-bond acceptors (Lipinski definition) is 6. The summed E-state index contributed by atoms with van der Waals surface area (Å²) >= 11 is 0. The molecule has 28 heavy (non-hydrogen) atoms. The van der Waals surface area contributed by atoms with Crippen LogP contribution in [0, 0.1) is 6.92 Å². The molecule has 2 aromatic heterocycles. The summed E-state index contributed by atoms with van der Waals surface area (Å²) in [5.74, 6) is -0.168. The van der Waals surface area contributed by atoms with Gasteiger partial charge >= 0.3 is 6.18 Å². The van der Waals surface area contributed by atoms with E-state index in [1.54, 1.807) is 6.92 Å². The van der Waals surface area contributed by atoms with Crippen LogP contribution in [0.25, 0.3) is 0 Å². The summed E-state index contributed by atoms with van der Waals surface area (Å²) in [4.78, 5) is 33.2. The van der Waals surface area contributed by atoms with Crippen molar-refractivity contribution in [1.29, 1.82) is 0 Å². The van der Waals surface area contributed by atoms with E-state index in [4.69, 9.17) is 5.73 Å². The molecule has 1 aliphatic carbocycles. The van der Waals surface area contributed by atoms with Gasteiger partial charge in [0.2, 0.25) is 0 Å². The van der Waals surface area contributed by atoms with Gasteiger partial charge in [-0.25, -0.2) is 9.97 Å². The number of nitrogens with one attached hydrogen (secondary N) is 2. The van der Waals surface area contributed by atoms with Crippen molar-refractivity contribution in [2.45, 2.75) is 31.6 Å². The SMILES string of the molecule is Cc1cc(Nc2cc(N)ncn2)c(=O)n2c1C(=O)NC21C=C(C(F)(F)F)CC1. The number of nitrogens with two attached hydrogens (primary N) is 1. The number of rotatable bonds is 2. The fourth-order valence-electron chi connectivity index (χ4n) is 3.64. The molecular weight excluding hydrogens is 377 g/mol. The highest BCUT2D eigenvalue weighted by Gasteiger charge is 2.50. The molecule has 1 aliphatic heterocycles. The second-order valence-corrected chi connectivity index (χ2v) is 6.73. The Labute approximate surface area is 156 Å². The van der Waals surface area contributed by atoms with Crippen molar-refractivity contribution in [1.82, 2.24) is 19.9 Å². The summed E-state index contributed by atoms with van der Waals surface area (Å²) < 4.78 is 40.5. The molecule has 0 fully saturated rings. The monoisotopic (exact) mass is 392 g/mol. The molecule has 4 N–H and O–H groups in total. The van der Waals surface area contributed by atoms with Gasteiger partial charge in [-0.3, -0.25) is 14.2 Å². The van der Waals surface area contributed by atoms with Gasteiger partial charge in [0.05, 0.1) is 0 Å². The Balaban J connectivity index is 1.86. The molecule has 0 saturated carbocycles. The fourth-order valence-corrected chi connectivity index (χ4v) is 3.64. The summed E-state index contributed by atoms with van der Waals surface area (Å²) in [6.07, 6.45) is -2.76. The first-order valence-electron chi connectivity index (χ1n) is 8.34. The van der Waals surface area contributed by atoms with Gasteiger partial charge in [-0.1, -0.05) is 0 Å². The molecule has 0 aromatic carbocycles. The van der Waals surface area contributed by atoms with Crippen molar-refractivity contribution in [3.63, 3.8) is 0 Å². The number of pyridine rings is 1. The average Bonchev–Trinajstić information content (AvgIpc) is 3.14. The lowest BCUT2D eigenvalue weighted by Gasteiger charge is -2.25. The van der Waals surface area contributed by atoms with Crippen LogP contribution in [-0.4, -0.2) is 26.6 Å². The summed E-state index contributed by atoms with van der Waals surface area (Å²) in [6, 6.07) is 2.86. The lowest BCUT2D eigenvalue weighted by Crippen LogP contribution is -2.44. The van der Waals surface area contributed by atoms with Crippen LogP contribution < -0.4 is 21.9 Å². The smallest absolute Gasteiger partial charge is 0.384 e. The first-order chi connectivity index (χ1) is 13.1. The minimum absolute atomic E-state index is 0.0393. The molecule has 2 aliphatic rings. The van der Waals surface area contributed by atoms with Crippen LogP contribution in [0.3, 0.4) is 0 Å². The maximum Gasteiger partial charge on any atom is 0.412 e. The second-order valence-electron chi connectivity index (χ2n) is 6.73. The van der Waals surface area contributed by atoms with E-state index in [0.717, 1.165) is 10.6 Å². The van der Waals surface area contributed by atoms with Gasteiger partial charge in [-0.05, 0) is 37.5 Å². The van der Waals surface area contributed by atoms with E-state index < -0.39 is 28.9 Å². The molecule has 0 bridgehead atoms. The molecule has 2 aromatic rings. The van der Waals surface area contributed by atoms with Gasteiger partial charge in [0, 0.05) is 11.6 Å². The second kappa shape index (κ2) is 5.81. The minimum atomic E-state index is -4.52. The number of halogens is 3. The number of fused-ring (bicyclic) bond motifs is 2. The largest absolute Gasteiger partial charge is 0.412 e. The average molecular weight is 392 g/mol. The zero-order valence-corrected chi connectivity index (χ0v) is 14.6. The van der Waals surface area contributed by atoms with E-state index in [9.17, 15) is 22.8 Å². The van der Waals surface area contributed by atoms with Crippen LogP contribution in [0.15, 0.2) is 34.9 Å². The molecule has 1 spiro atoms. The van der Waals surface area contributed by atoms with E-state index in [2.05, 4.69) is 20.6 Å². The van der Waals surface area contributed by atoms with Crippen molar-refractivity contribution < 1.29 is 18.0 Å². The molecule has 146 valence electrons. The van der Waals surface area contributed by atoms with Crippen LogP contribution in [-0.2, 0) is 5.66 Å². The third-order valence-electron chi connectivity index (χ3n) is 4.84. The van der Waals surface area contributed by atoms with Gasteiger partial charge in [-0.2, -0.15) is 13.2 Å². The highest BCUT2D eigenvalue weighted by Crippen LogP contribution is 2.43. The summed E-state index contributed by atoms with van der Waals surface area (Å²) in [6.45, 7) is 1.60. The zero-order chi connectivity index (χ0) is 20.3. The number of nitrogen functional groups attached to an aromatic ring is 1. The van der Waals surface area contributed by atoms with Crippen molar-refractivity contribution in [3.05, 3.63) is 51.7 Å². The van der Waals surface area contributed by atoms with Crippen LogP contribution >= 0.6 is 0 Å². The van der Waals surface area contributed by atoms with Crippen LogP contribution in [0.1, 0.15) is 28.9 Å². The summed E-state index contributed by atoms with van der Waals surface area (Å²) in [5.41, 5.74) is 3.18. The number of carbonyl (C=O) groups excluding carboxylic acids is 1. The number of nitrogens with zero attached hydrogens (tertiary/aromatic N) is 3. The maximum atomic E-state index is 13.1. The number of hydrogen-bond donors (Lipinski definition) is 3. The van der Waals surface area contributed by atoms with Gasteiger partial charge in [0.25, 0.3) is 11.5 Å². The quantitative estimate of drug-likeness (QED) is 0.673. The number of amides is 1. The number of aryl methyl sites for hydroxylation is 1. The zero-order valence-electron chi connectivity index (χ0n) is 14.6. The van der Waals surface area contributed by atoms with Gasteiger partial charge in [0.1, 0.15) is 35.0 Å². The highest BCUT2D eigenvalue weighted by molar-refractivity contribution is 5.97. The maximum absolute atomic E-state index is 13.1. The lowest BCUT2D eigenvalue weighted by atomic mass is 10.1. The molecule has 1 unspecified atom stereocenters. The number of aromatic nitrogens is 3. The van der Waals surface area contributed by atoms with E-state index in [0.29, 0.717) is 5.56 Å². The summed E-state index contributed by atoms with van der Waals surface area (Å²) in [7, 11) is 0. The first kappa shape index (κ1) is 18.0. The molecule has 1 amide bonds. The Hall–Kier alpha value is -3.37. The third-order valence-corrected chi connectivity index (χ3v) is 4.84. The Morgan fingerprint density at radius 3 is 2.68 bits per heavy atom. The standard InChI is InChI=1S/C17H15F3N6O2/c1-8-4-10(24-12-5-11(21)22-7-23-12)15(28)26-13(8)14(27)25-16(26)3-2-9(6-16)17(18,19)20/h4-7H,2-3H2,1H3,(H,25,27)(H3,21,22,23,24). The summed E-state index contributed by atoms with van der Waals surface area (Å²) in [5, 5.41) is 5.35. The van der Waals surface area contributed by atoms with Crippen LogP contribution in [0.5, 0.6) is 0 Å². The highest BCUT2D eigenvalue weighted by atomic mass is 19.4. The Bertz CT molecular complexity index is 1090. The van der Waals surface area contributed by atoms with Gasteiger partial charge in [-0.15, -0.1) is 0 Å². The number of carbonyl (C=O) groups is 1. The van der Waals surface area contributed by atoms with Crippen molar-refractivity contribution in [3.8, 4) is 0 Å². The number of alkyl halides is 3.